The summed E-state index contributed by atoms with van der Waals surface area (Å²) in [4.78, 5) is 0. The van der Waals surface area contributed by atoms with Crippen LogP contribution in [0.15, 0.2) is 109 Å². The fourth-order valence-electron chi connectivity index (χ4n) is 5.47. The van der Waals surface area contributed by atoms with Crippen LogP contribution in [0.1, 0.15) is 16.7 Å². The minimum atomic E-state index is 1.00. The first-order chi connectivity index (χ1) is 15.4. The zero-order valence-corrected chi connectivity index (χ0v) is 17.1. The van der Waals surface area contributed by atoms with Crippen molar-refractivity contribution in [2.75, 3.05) is 0 Å². The van der Waals surface area contributed by atoms with Crippen LogP contribution >= 0.6 is 0 Å². The molecule has 0 saturated heterocycles. The SMILES string of the molecule is C1=C(c2ccc3c4ccccc4c4ccccc4c3c2)c2ccc3ccccc3c2C1. The first-order valence-electron chi connectivity index (χ1n) is 10.9. The number of hydrogen-bond acceptors (Lipinski definition) is 0. The standard InChI is InChI=1S/C31H20/c1-2-8-22-20(7-1)13-15-28-23(17-18-29(22)28)21-14-16-30-26-11-4-3-9-24(26)25-10-5-6-12-27(25)31(30)19-21/h1-17,19H,18H2. The van der Waals surface area contributed by atoms with Gasteiger partial charge < -0.3 is 0 Å². The van der Waals surface area contributed by atoms with Crippen LogP contribution in [0, 0.1) is 0 Å². The molecule has 0 N–H and O–H groups in total. The van der Waals surface area contributed by atoms with Gasteiger partial charge in [-0.2, -0.15) is 0 Å². The molecule has 0 fully saturated rings. The highest BCUT2D eigenvalue weighted by molar-refractivity contribution is 6.25. The second-order valence-corrected chi connectivity index (χ2v) is 8.49. The lowest BCUT2D eigenvalue weighted by atomic mass is 9.90. The first kappa shape index (κ1) is 16.8. The zero-order chi connectivity index (χ0) is 20.4. The zero-order valence-electron chi connectivity index (χ0n) is 17.1. The summed E-state index contributed by atoms with van der Waals surface area (Å²) in [6.07, 6.45) is 3.41. The summed E-state index contributed by atoms with van der Waals surface area (Å²) in [7, 11) is 0. The Morgan fingerprint density at radius 1 is 0.452 bits per heavy atom. The molecule has 7 rings (SSSR count). The molecule has 0 heteroatoms. The number of benzene rings is 6. The first-order valence-corrected chi connectivity index (χ1v) is 10.9. The van der Waals surface area contributed by atoms with Crippen molar-refractivity contribution in [1.82, 2.24) is 0 Å². The van der Waals surface area contributed by atoms with Gasteiger partial charge in [0, 0.05) is 0 Å². The van der Waals surface area contributed by atoms with Gasteiger partial charge in [-0.05, 0) is 77.8 Å². The second-order valence-electron chi connectivity index (χ2n) is 8.49. The van der Waals surface area contributed by atoms with E-state index >= 15 is 0 Å². The van der Waals surface area contributed by atoms with Gasteiger partial charge >= 0.3 is 0 Å². The van der Waals surface area contributed by atoms with Crippen LogP contribution in [0.3, 0.4) is 0 Å². The largest absolute Gasteiger partial charge is 0.0716 e. The third kappa shape index (κ3) is 2.36. The molecule has 0 amide bonds. The topological polar surface area (TPSA) is 0 Å². The molecule has 0 heterocycles. The molecule has 6 aromatic carbocycles. The molecule has 0 aromatic heterocycles. The lowest BCUT2D eigenvalue weighted by Crippen LogP contribution is -1.90. The molecule has 0 aliphatic heterocycles. The van der Waals surface area contributed by atoms with Gasteiger partial charge in [-0.15, -0.1) is 0 Å². The van der Waals surface area contributed by atoms with E-state index in [0.29, 0.717) is 0 Å². The fraction of sp³-hybridized carbons (Fsp3) is 0.0323. The fourth-order valence-corrected chi connectivity index (χ4v) is 5.47. The maximum absolute atomic E-state index is 2.40. The lowest BCUT2D eigenvalue weighted by Gasteiger charge is -2.13. The Labute approximate surface area is 181 Å². The van der Waals surface area contributed by atoms with E-state index in [4.69, 9.17) is 0 Å². The van der Waals surface area contributed by atoms with Gasteiger partial charge in [-0.3, -0.25) is 0 Å². The van der Waals surface area contributed by atoms with Gasteiger partial charge in [0.1, 0.15) is 0 Å². The molecule has 6 aromatic rings. The Morgan fingerprint density at radius 3 is 1.74 bits per heavy atom. The van der Waals surface area contributed by atoms with Crippen LogP contribution < -0.4 is 0 Å². The molecule has 144 valence electrons. The highest BCUT2D eigenvalue weighted by atomic mass is 14.2. The van der Waals surface area contributed by atoms with Crippen molar-refractivity contribution in [1.29, 1.82) is 0 Å². The average molecular weight is 393 g/mol. The van der Waals surface area contributed by atoms with Crippen LogP contribution in [-0.4, -0.2) is 0 Å². The Hall–Kier alpha value is -3.90. The highest BCUT2D eigenvalue weighted by Crippen LogP contribution is 2.40. The normalized spacial score (nSPS) is 13.2. The Bertz CT molecular complexity index is 1660. The summed E-state index contributed by atoms with van der Waals surface area (Å²) in [6, 6.07) is 37.9. The van der Waals surface area contributed by atoms with E-state index in [9.17, 15) is 0 Å². The Balaban J connectivity index is 1.51. The van der Waals surface area contributed by atoms with Crippen LogP contribution in [0.25, 0.3) is 48.7 Å². The molecule has 0 nitrogen and oxygen atoms in total. The van der Waals surface area contributed by atoms with Gasteiger partial charge in [0.2, 0.25) is 0 Å². The number of hydrogen-bond donors (Lipinski definition) is 0. The van der Waals surface area contributed by atoms with Crippen molar-refractivity contribution in [3.8, 4) is 0 Å². The van der Waals surface area contributed by atoms with E-state index in [2.05, 4.69) is 109 Å². The van der Waals surface area contributed by atoms with Crippen molar-refractivity contribution < 1.29 is 0 Å². The lowest BCUT2D eigenvalue weighted by molar-refractivity contribution is 1.35. The third-order valence-electron chi connectivity index (χ3n) is 6.90. The van der Waals surface area contributed by atoms with Crippen molar-refractivity contribution in [3.05, 3.63) is 126 Å². The van der Waals surface area contributed by atoms with Crippen molar-refractivity contribution >= 4 is 48.7 Å². The van der Waals surface area contributed by atoms with Gasteiger partial charge in [0.25, 0.3) is 0 Å². The van der Waals surface area contributed by atoms with Gasteiger partial charge in [0.15, 0.2) is 0 Å². The maximum atomic E-state index is 2.40. The predicted octanol–water partition coefficient (Wildman–Crippen LogP) is 8.29. The van der Waals surface area contributed by atoms with Crippen molar-refractivity contribution in [2.45, 2.75) is 6.42 Å². The maximum Gasteiger partial charge on any atom is -0.00757 e. The van der Waals surface area contributed by atoms with Crippen LogP contribution in [-0.2, 0) is 6.42 Å². The molecule has 0 atom stereocenters. The monoisotopic (exact) mass is 392 g/mol. The summed E-state index contributed by atoms with van der Waals surface area (Å²) >= 11 is 0. The molecule has 0 saturated carbocycles. The minimum Gasteiger partial charge on any atom is -0.0716 e. The van der Waals surface area contributed by atoms with Crippen molar-refractivity contribution in [2.24, 2.45) is 0 Å². The predicted molar refractivity (Wildman–Crippen MR) is 134 cm³/mol. The molecular formula is C31H20. The highest BCUT2D eigenvalue weighted by Gasteiger charge is 2.19. The molecule has 0 bridgehead atoms. The number of rotatable bonds is 1. The third-order valence-corrected chi connectivity index (χ3v) is 6.90. The number of fused-ring (bicyclic) bond motifs is 9. The number of allylic oxidation sites excluding steroid dienone is 1. The van der Waals surface area contributed by atoms with E-state index in [-0.39, 0.29) is 0 Å². The quantitative estimate of drug-likeness (QED) is 0.247. The van der Waals surface area contributed by atoms with E-state index in [1.54, 1.807) is 0 Å². The van der Waals surface area contributed by atoms with E-state index in [0.717, 1.165) is 6.42 Å². The molecular weight excluding hydrogens is 372 g/mol. The molecule has 0 unspecified atom stereocenters. The summed E-state index contributed by atoms with van der Waals surface area (Å²) in [5.74, 6) is 0. The molecule has 1 aliphatic carbocycles. The smallest absolute Gasteiger partial charge is 0.00757 e. The van der Waals surface area contributed by atoms with E-state index in [1.807, 2.05) is 0 Å². The Kier molecular flexibility index (Phi) is 3.42. The van der Waals surface area contributed by atoms with Gasteiger partial charge in [0.05, 0.1) is 0 Å². The summed E-state index contributed by atoms with van der Waals surface area (Å²) in [5.41, 5.74) is 5.50. The molecule has 0 spiro atoms. The summed E-state index contributed by atoms with van der Waals surface area (Å²) in [6.45, 7) is 0. The second kappa shape index (κ2) is 6.30. The van der Waals surface area contributed by atoms with E-state index in [1.165, 1.54) is 65.4 Å². The van der Waals surface area contributed by atoms with Crippen LogP contribution in [0.5, 0.6) is 0 Å². The van der Waals surface area contributed by atoms with Crippen LogP contribution in [0.2, 0.25) is 0 Å². The van der Waals surface area contributed by atoms with Crippen molar-refractivity contribution in [3.63, 3.8) is 0 Å². The summed E-state index contributed by atoms with van der Waals surface area (Å²) in [5, 5.41) is 10.7. The molecule has 0 radical (unpaired) electrons. The van der Waals surface area contributed by atoms with Gasteiger partial charge in [-0.1, -0.05) is 103 Å². The average Bonchev–Trinajstić information content (AvgIpc) is 3.29. The summed E-state index contributed by atoms with van der Waals surface area (Å²) < 4.78 is 0. The molecule has 1 aliphatic rings. The van der Waals surface area contributed by atoms with Crippen LogP contribution in [0.4, 0.5) is 0 Å². The van der Waals surface area contributed by atoms with E-state index < -0.39 is 0 Å². The molecule has 31 heavy (non-hydrogen) atoms. The minimum absolute atomic E-state index is 1.00. The van der Waals surface area contributed by atoms with Gasteiger partial charge in [-0.25, -0.2) is 0 Å². The Morgan fingerprint density at radius 2 is 1.03 bits per heavy atom.